The predicted octanol–water partition coefficient (Wildman–Crippen LogP) is 4.52. The van der Waals surface area contributed by atoms with Crippen LogP contribution in [0.5, 0.6) is 5.75 Å². The second kappa shape index (κ2) is 8.35. The van der Waals surface area contributed by atoms with Gasteiger partial charge < -0.3 is 14.6 Å². The van der Waals surface area contributed by atoms with Crippen LogP contribution in [0.15, 0.2) is 23.9 Å². The Morgan fingerprint density at radius 3 is 2.52 bits per heavy atom. The molecule has 148 valence electrons. The summed E-state index contributed by atoms with van der Waals surface area (Å²) in [6, 6.07) is 5.30. The summed E-state index contributed by atoms with van der Waals surface area (Å²) in [5.41, 5.74) is 0.509. The molecule has 0 saturated carbocycles. The molecule has 1 N–H and O–H groups in total. The van der Waals surface area contributed by atoms with Crippen LogP contribution in [-0.2, 0) is 9.53 Å². The molecule has 0 bridgehead atoms. The van der Waals surface area contributed by atoms with Crippen molar-refractivity contribution in [2.75, 3.05) is 25.2 Å². The third-order valence-electron chi connectivity index (χ3n) is 4.55. The summed E-state index contributed by atoms with van der Waals surface area (Å²) in [7, 11) is 0. The molecule has 0 radical (unpaired) electrons. The van der Waals surface area contributed by atoms with Crippen LogP contribution in [0.1, 0.15) is 39.7 Å². The van der Waals surface area contributed by atoms with Gasteiger partial charge in [0.2, 0.25) is 5.70 Å². The molecular formula is C20H28NO5S+. The number of hydrogen-bond donors (Lipinski definition) is 1. The van der Waals surface area contributed by atoms with Gasteiger partial charge in [-0.1, -0.05) is 0 Å². The van der Waals surface area contributed by atoms with Crippen LogP contribution in [0.2, 0.25) is 0 Å². The van der Waals surface area contributed by atoms with Crippen molar-refractivity contribution in [2.24, 2.45) is 0 Å². The van der Waals surface area contributed by atoms with Gasteiger partial charge in [0.05, 0.1) is 13.2 Å². The van der Waals surface area contributed by atoms with E-state index in [0.717, 1.165) is 12.2 Å². The van der Waals surface area contributed by atoms with Crippen molar-refractivity contribution in [3.05, 3.63) is 29.5 Å². The van der Waals surface area contributed by atoms with Crippen molar-refractivity contribution in [1.82, 2.24) is 4.48 Å². The molecular weight excluding hydrogens is 366 g/mol. The number of esters is 1. The molecule has 1 heterocycles. The summed E-state index contributed by atoms with van der Waals surface area (Å²) >= 11 is 1.76. The number of thioether (sulfide) groups is 1. The molecule has 0 aromatic heterocycles. The van der Waals surface area contributed by atoms with E-state index in [1.807, 2.05) is 6.26 Å². The van der Waals surface area contributed by atoms with Crippen LogP contribution >= 0.6 is 11.8 Å². The number of carbonyl (C=O) groups excluding carboxylic acids is 1. The Labute approximate surface area is 164 Å². The van der Waals surface area contributed by atoms with Crippen LogP contribution in [0.25, 0.3) is 6.08 Å². The zero-order chi connectivity index (χ0) is 20.2. The third-order valence-corrected chi connectivity index (χ3v) is 5.25. The second-order valence-electron chi connectivity index (χ2n) is 7.29. The molecule has 6 nitrogen and oxygen atoms in total. The average molecular weight is 395 g/mol. The Balaban J connectivity index is 2.51. The van der Waals surface area contributed by atoms with E-state index in [9.17, 15) is 14.7 Å². The lowest BCUT2D eigenvalue weighted by Gasteiger charge is -2.40. The van der Waals surface area contributed by atoms with Crippen LogP contribution in [0.4, 0.5) is 10.5 Å². The Morgan fingerprint density at radius 2 is 1.96 bits per heavy atom. The van der Waals surface area contributed by atoms with E-state index in [4.69, 9.17) is 9.47 Å². The van der Waals surface area contributed by atoms with Crippen molar-refractivity contribution in [3.8, 4) is 5.75 Å². The maximum absolute atomic E-state index is 12.6. The molecule has 1 aliphatic heterocycles. The highest BCUT2D eigenvalue weighted by atomic mass is 32.2. The molecule has 1 unspecified atom stereocenters. The number of rotatable bonds is 7. The molecule has 0 spiro atoms. The van der Waals surface area contributed by atoms with E-state index in [0.29, 0.717) is 23.6 Å². The molecule has 1 aliphatic rings. The minimum absolute atomic E-state index is 0.103. The quantitative estimate of drug-likeness (QED) is 0.416. The number of amides is 1. The second-order valence-corrected chi connectivity index (χ2v) is 8.28. The average Bonchev–Trinajstić information content (AvgIpc) is 2.94. The zero-order valence-electron chi connectivity index (χ0n) is 16.6. The number of fused-ring (bicyclic) bond motifs is 1. The number of carboxylic acid groups (broad SMARTS) is 1. The third kappa shape index (κ3) is 3.84. The molecule has 1 atom stereocenters. The summed E-state index contributed by atoms with van der Waals surface area (Å²) in [6.45, 7) is 7.88. The first-order chi connectivity index (χ1) is 12.7. The number of quaternary nitrogens is 1. The summed E-state index contributed by atoms with van der Waals surface area (Å²) in [5.74, 6) is 1.06. The summed E-state index contributed by atoms with van der Waals surface area (Å²) in [6.07, 6.45) is 3.47. The topological polar surface area (TPSA) is 72.8 Å². The monoisotopic (exact) mass is 394 g/mol. The Bertz CT molecular complexity index is 753. The zero-order valence-corrected chi connectivity index (χ0v) is 17.4. The van der Waals surface area contributed by atoms with E-state index in [1.54, 1.807) is 63.7 Å². The molecule has 0 saturated heterocycles. The predicted molar refractivity (Wildman–Crippen MR) is 109 cm³/mol. The standard InChI is InChI=1S/C20H27NO5S/c1-6-25-18(22)17-13-14-12-15(26-10-7-11-27-5)8-9-16(14)21(17,19(23)24)20(2,3)4/h8-9,12-13H,6-7,10-11H2,1-5H3/p+1. The number of nitrogens with zero attached hydrogens (tertiary/aromatic N) is 1. The van der Waals surface area contributed by atoms with Gasteiger partial charge in [0, 0.05) is 17.7 Å². The Hall–Kier alpha value is -1.99. The van der Waals surface area contributed by atoms with Gasteiger partial charge in [-0.15, -0.1) is 4.48 Å². The highest BCUT2D eigenvalue weighted by Gasteiger charge is 2.60. The Morgan fingerprint density at radius 1 is 1.26 bits per heavy atom. The van der Waals surface area contributed by atoms with Crippen molar-refractivity contribution >= 4 is 35.6 Å². The fourth-order valence-electron chi connectivity index (χ4n) is 3.43. The molecule has 1 aromatic rings. The first-order valence-electron chi connectivity index (χ1n) is 8.98. The van der Waals surface area contributed by atoms with Gasteiger partial charge in [0.1, 0.15) is 11.3 Å². The fraction of sp³-hybridized carbons (Fsp3) is 0.500. The molecule has 1 amide bonds. The van der Waals surface area contributed by atoms with Crippen molar-refractivity contribution in [2.45, 2.75) is 39.7 Å². The van der Waals surface area contributed by atoms with Gasteiger partial charge in [-0.3, -0.25) is 0 Å². The van der Waals surface area contributed by atoms with Crippen LogP contribution in [-0.4, -0.2) is 47.9 Å². The van der Waals surface area contributed by atoms with Gasteiger partial charge in [-0.2, -0.15) is 16.6 Å². The minimum Gasteiger partial charge on any atom is -0.494 e. The first-order valence-corrected chi connectivity index (χ1v) is 10.4. The summed E-state index contributed by atoms with van der Waals surface area (Å²) in [4.78, 5) is 25.1. The van der Waals surface area contributed by atoms with Gasteiger partial charge in [-0.05, 0) is 58.3 Å². The van der Waals surface area contributed by atoms with Crippen LogP contribution in [0.3, 0.4) is 0 Å². The molecule has 27 heavy (non-hydrogen) atoms. The SMILES string of the molecule is CCOC(=O)C1=Cc2cc(OCCCSC)ccc2[N+]1(C(=O)O)C(C)(C)C. The van der Waals surface area contributed by atoms with E-state index in [1.165, 1.54) is 0 Å². The maximum Gasteiger partial charge on any atom is 0.524 e. The van der Waals surface area contributed by atoms with Crippen LogP contribution in [0, 0.1) is 0 Å². The summed E-state index contributed by atoms with van der Waals surface area (Å²) in [5, 5.41) is 10.2. The molecule has 1 aromatic carbocycles. The van der Waals surface area contributed by atoms with Crippen molar-refractivity contribution < 1.29 is 24.2 Å². The van der Waals surface area contributed by atoms with Crippen LogP contribution < -0.4 is 9.22 Å². The first kappa shape index (κ1) is 21.3. The fourth-order valence-corrected chi connectivity index (χ4v) is 3.83. The molecule has 7 heteroatoms. The summed E-state index contributed by atoms with van der Waals surface area (Å²) < 4.78 is 10.3. The lowest BCUT2D eigenvalue weighted by molar-refractivity contribution is -0.140. The molecule has 2 rings (SSSR count). The largest absolute Gasteiger partial charge is 0.524 e. The van der Waals surface area contributed by atoms with E-state index in [-0.39, 0.29) is 12.3 Å². The van der Waals surface area contributed by atoms with Gasteiger partial charge in [0.15, 0.2) is 5.69 Å². The van der Waals surface area contributed by atoms with Gasteiger partial charge in [-0.25, -0.2) is 4.79 Å². The van der Waals surface area contributed by atoms with E-state index >= 15 is 0 Å². The molecule has 0 fully saturated rings. The number of ether oxygens (including phenoxy) is 2. The van der Waals surface area contributed by atoms with Crippen molar-refractivity contribution in [1.29, 1.82) is 0 Å². The minimum atomic E-state index is -1.12. The number of hydrogen-bond acceptors (Lipinski definition) is 5. The maximum atomic E-state index is 12.6. The van der Waals surface area contributed by atoms with Gasteiger partial charge >= 0.3 is 12.1 Å². The highest BCUT2D eigenvalue weighted by Crippen LogP contribution is 2.48. The smallest absolute Gasteiger partial charge is 0.494 e. The lowest BCUT2D eigenvalue weighted by atomic mass is 9.99. The van der Waals surface area contributed by atoms with E-state index in [2.05, 4.69) is 0 Å². The number of benzene rings is 1. The highest BCUT2D eigenvalue weighted by molar-refractivity contribution is 7.98. The van der Waals surface area contributed by atoms with Gasteiger partial charge in [0.25, 0.3) is 0 Å². The number of carbonyl (C=O) groups is 2. The van der Waals surface area contributed by atoms with Crippen molar-refractivity contribution in [3.63, 3.8) is 0 Å². The van der Waals surface area contributed by atoms with E-state index < -0.39 is 22.1 Å². The Kier molecular flexibility index (Phi) is 6.59. The molecule has 0 aliphatic carbocycles. The lowest BCUT2D eigenvalue weighted by Crippen LogP contribution is -2.64. The normalized spacial score (nSPS) is 18.6.